The average Bonchev–Trinajstić information content (AvgIpc) is 2.80. The second-order valence-electron chi connectivity index (χ2n) is 7.92. The molecule has 1 fully saturated rings. The summed E-state index contributed by atoms with van der Waals surface area (Å²) >= 11 is 0. The third kappa shape index (κ3) is 5.37. The third-order valence-electron chi connectivity index (χ3n) is 5.68. The number of ether oxygens (including phenoxy) is 3. The molecule has 0 radical (unpaired) electrons. The van der Waals surface area contributed by atoms with Crippen LogP contribution in [0.3, 0.4) is 0 Å². The third-order valence-corrected chi connectivity index (χ3v) is 5.68. The molecule has 2 aromatic rings. The molecule has 172 valence electrons. The first kappa shape index (κ1) is 23.5. The van der Waals surface area contributed by atoms with Gasteiger partial charge in [0.15, 0.2) is 18.1 Å². The molecule has 0 spiro atoms. The topological polar surface area (TPSA) is 68.3 Å². The molecule has 0 N–H and O–H groups in total. The number of carbonyl (C=O) groups excluding carboxylic acids is 2. The predicted octanol–water partition coefficient (Wildman–Crippen LogP) is 3.12. The van der Waals surface area contributed by atoms with Crippen molar-refractivity contribution in [3.05, 3.63) is 59.4 Å². The van der Waals surface area contributed by atoms with Crippen LogP contribution in [0.2, 0.25) is 0 Å². The Morgan fingerprint density at radius 3 is 2.41 bits per heavy atom. The molecule has 1 amide bonds. The van der Waals surface area contributed by atoms with Crippen LogP contribution >= 0.6 is 0 Å². The maximum atomic E-state index is 13.2. The van der Waals surface area contributed by atoms with Gasteiger partial charge < -0.3 is 19.1 Å². The Balaban J connectivity index is 1.64. The number of esters is 1. The molecule has 3 rings (SSSR count). The Kier molecular flexibility index (Phi) is 7.69. The van der Waals surface area contributed by atoms with Crippen molar-refractivity contribution < 1.29 is 28.2 Å². The minimum atomic E-state index is -0.567. The lowest BCUT2D eigenvalue weighted by Crippen LogP contribution is -2.58. The van der Waals surface area contributed by atoms with Crippen molar-refractivity contribution in [1.82, 2.24) is 9.80 Å². The van der Waals surface area contributed by atoms with Gasteiger partial charge in [-0.15, -0.1) is 0 Å². The lowest BCUT2D eigenvalue weighted by Gasteiger charge is -2.44. The number of methoxy groups -OCH3 is 2. The van der Waals surface area contributed by atoms with Gasteiger partial charge >= 0.3 is 5.97 Å². The quantitative estimate of drug-likeness (QED) is 0.612. The predicted molar refractivity (Wildman–Crippen MR) is 117 cm³/mol. The lowest BCUT2D eigenvalue weighted by molar-refractivity contribution is -0.139. The lowest BCUT2D eigenvalue weighted by atomic mass is 10.1. The first-order valence-corrected chi connectivity index (χ1v) is 10.5. The van der Waals surface area contributed by atoms with Crippen molar-refractivity contribution in [3.63, 3.8) is 0 Å². The van der Waals surface area contributed by atoms with E-state index in [9.17, 15) is 14.0 Å². The Morgan fingerprint density at radius 2 is 1.75 bits per heavy atom. The first-order valence-electron chi connectivity index (χ1n) is 10.5. The van der Waals surface area contributed by atoms with Crippen LogP contribution in [0.1, 0.15) is 29.8 Å². The van der Waals surface area contributed by atoms with Gasteiger partial charge in [0.25, 0.3) is 5.91 Å². The van der Waals surface area contributed by atoms with E-state index in [1.54, 1.807) is 35.2 Å². The highest BCUT2D eigenvalue weighted by Gasteiger charge is 2.32. The zero-order valence-corrected chi connectivity index (χ0v) is 18.8. The number of carbonyl (C=O) groups is 2. The second kappa shape index (κ2) is 10.5. The van der Waals surface area contributed by atoms with Crippen LogP contribution in [-0.2, 0) is 16.1 Å². The highest BCUT2D eigenvalue weighted by Crippen LogP contribution is 2.31. The number of halogens is 1. The Bertz CT molecular complexity index is 950. The molecule has 1 saturated heterocycles. The fourth-order valence-corrected chi connectivity index (χ4v) is 3.90. The van der Waals surface area contributed by atoms with Gasteiger partial charge in [0, 0.05) is 31.7 Å². The summed E-state index contributed by atoms with van der Waals surface area (Å²) in [6, 6.07) is 11.5. The summed E-state index contributed by atoms with van der Waals surface area (Å²) in [7, 11) is 2.75. The number of para-hydroxylation sites is 1. The maximum absolute atomic E-state index is 13.2. The summed E-state index contributed by atoms with van der Waals surface area (Å²) < 4.78 is 29.0. The molecule has 1 aliphatic rings. The monoisotopic (exact) mass is 444 g/mol. The molecule has 0 aromatic heterocycles. The van der Waals surface area contributed by atoms with Gasteiger partial charge in [-0.05, 0) is 43.7 Å². The van der Waals surface area contributed by atoms with Crippen LogP contribution in [0.25, 0.3) is 0 Å². The SMILES string of the molecule is COC(=O)c1cccc(OC)c1OCC(=O)N1C[C@@H](C)N(Cc2ccc(F)cc2)C[C@@H]1C. The van der Waals surface area contributed by atoms with Crippen LogP contribution < -0.4 is 9.47 Å². The molecule has 7 nitrogen and oxygen atoms in total. The molecule has 1 heterocycles. The van der Waals surface area contributed by atoms with Crippen LogP contribution in [0.15, 0.2) is 42.5 Å². The number of amides is 1. The van der Waals surface area contributed by atoms with E-state index in [0.717, 1.165) is 5.56 Å². The summed E-state index contributed by atoms with van der Waals surface area (Å²) in [6.07, 6.45) is 0. The number of rotatable bonds is 7. The largest absolute Gasteiger partial charge is 0.493 e. The smallest absolute Gasteiger partial charge is 0.341 e. The standard InChI is InChI=1S/C24H29FN2O5/c1-16-13-27(17(2)12-26(16)14-18-8-10-19(25)11-9-18)22(28)15-32-23-20(24(29)31-4)6-5-7-21(23)30-3/h5-11,16-17H,12-15H2,1-4H3/t16-,17+/m1/s1. The van der Waals surface area contributed by atoms with E-state index in [1.165, 1.54) is 26.4 Å². The normalized spacial score (nSPS) is 18.8. The summed E-state index contributed by atoms with van der Waals surface area (Å²) in [6.45, 7) is 5.75. The minimum absolute atomic E-state index is 0.0273. The van der Waals surface area contributed by atoms with Gasteiger partial charge in [0.05, 0.1) is 14.2 Å². The van der Waals surface area contributed by atoms with Crippen molar-refractivity contribution >= 4 is 11.9 Å². The molecule has 8 heteroatoms. The molecular weight excluding hydrogens is 415 g/mol. The maximum Gasteiger partial charge on any atom is 0.341 e. The average molecular weight is 445 g/mol. The highest BCUT2D eigenvalue weighted by atomic mass is 19.1. The number of nitrogens with zero attached hydrogens (tertiary/aromatic N) is 2. The number of hydrogen-bond donors (Lipinski definition) is 0. The van der Waals surface area contributed by atoms with Crippen LogP contribution in [-0.4, -0.2) is 67.7 Å². The van der Waals surface area contributed by atoms with E-state index in [4.69, 9.17) is 14.2 Å². The fraction of sp³-hybridized carbons (Fsp3) is 0.417. The van der Waals surface area contributed by atoms with Gasteiger partial charge in [-0.3, -0.25) is 9.69 Å². The van der Waals surface area contributed by atoms with Crippen molar-refractivity contribution in [1.29, 1.82) is 0 Å². The molecule has 0 aliphatic carbocycles. The molecule has 2 atom stereocenters. The van der Waals surface area contributed by atoms with E-state index >= 15 is 0 Å². The van der Waals surface area contributed by atoms with Gasteiger partial charge in [-0.25, -0.2) is 9.18 Å². The van der Waals surface area contributed by atoms with E-state index in [-0.39, 0.29) is 41.7 Å². The molecule has 0 saturated carbocycles. The van der Waals surface area contributed by atoms with Gasteiger partial charge in [-0.2, -0.15) is 0 Å². The summed E-state index contributed by atoms with van der Waals surface area (Å²) in [5.41, 5.74) is 1.23. The minimum Gasteiger partial charge on any atom is -0.493 e. The molecule has 0 unspecified atom stereocenters. The van der Waals surface area contributed by atoms with Gasteiger partial charge in [-0.1, -0.05) is 18.2 Å². The summed E-state index contributed by atoms with van der Waals surface area (Å²) in [5, 5.41) is 0. The Morgan fingerprint density at radius 1 is 1.03 bits per heavy atom. The van der Waals surface area contributed by atoms with Crippen molar-refractivity contribution in [3.8, 4) is 11.5 Å². The van der Waals surface area contributed by atoms with Crippen molar-refractivity contribution in [2.75, 3.05) is 33.9 Å². The van der Waals surface area contributed by atoms with E-state index < -0.39 is 5.97 Å². The molecule has 32 heavy (non-hydrogen) atoms. The number of hydrogen-bond acceptors (Lipinski definition) is 6. The fourth-order valence-electron chi connectivity index (χ4n) is 3.90. The second-order valence-corrected chi connectivity index (χ2v) is 7.92. The van der Waals surface area contributed by atoms with Gasteiger partial charge in [0.1, 0.15) is 11.4 Å². The van der Waals surface area contributed by atoms with Crippen molar-refractivity contribution in [2.24, 2.45) is 0 Å². The summed E-state index contributed by atoms with van der Waals surface area (Å²) in [4.78, 5) is 29.1. The van der Waals surface area contributed by atoms with E-state index in [1.807, 2.05) is 6.92 Å². The van der Waals surface area contributed by atoms with Crippen LogP contribution in [0, 0.1) is 5.82 Å². The number of piperazine rings is 1. The molecule has 1 aliphatic heterocycles. The van der Waals surface area contributed by atoms with Gasteiger partial charge in [0.2, 0.25) is 0 Å². The van der Waals surface area contributed by atoms with E-state index in [2.05, 4.69) is 11.8 Å². The molecule has 0 bridgehead atoms. The molecular formula is C24H29FN2O5. The zero-order chi connectivity index (χ0) is 23.3. The van der Waals surface area contributed by atoms with E-state index in [0.29, 0.717) is 25.4 Å². The summed E-state index contributed by atoms with van der Waals surface area (Å²) in [5.74, 6) is -0.455. The van der Waals surface area contributed by atoms with Crippen LogP contribution in [0.4, 0.5) is 4.39 Å². The number of benzene rings is 2. The Hall–Kier alpha value is -3.13. The Labute approximate surface area is 187 Å². The highest BCUT2D eigenvalue weighted by molar-refractivity contribution is 5.93. The van der Waals surface area contributed by atoms with Crippen LogP contribution in [0.5, 0.6) is 11.5 Å². The van der Waals surface area contributed by atoms with Crippen molar-refractivity contribution in [2.45, 2.75) is 32.5 Å². The molecule has 2 aromatic carbocycles. The zero-order valence-electron chi connectivity index (χ0n) is 18.8. The first-order chi connectivity index (χ1) is 15.3.